The maximum Gasteiger partial charge on any atom is 0.132 e. The van der Waals surface area contributed by atoms with Crippen molar-refractivity contribution in [2.45, 2.75) is 27.2 Å². The van der Waals surface area contributed by atoms with Crippen LogP contribution in [0.25, 0.3) is 10.9 Å². The molecule has 0 saturated carbocycles. The summed E-state index contributed by atoms with van der Waals surface area (Å²) in [4.78, 5) is 7.03. The van der Waals surface area contributed by atoms with Crippen molar-refractivity contribution in [1.29, 1.82) is 5.26 Å². The number of aryl methyl sites for hydroxylation is 1. The van der Waals surface area contributed by atoms with Gasteiger partial charge in [0, 0.05) is 18.5 Å². The smallest absolute Gasteiger partial charge is 0.132 e. The summed E-state index contributed by atoms with van der Waals surface area (Å²) in [7, 11) is 0. The highest BCUT2D eigenvalue weighted by Crippen LogP contribution is 2.23. The Bertz CT molecular complexity index is 626. The highest BCUT2D eigenvalue weighted by atomic mass is 15.2. The molecule has 0 spiro atoms. The lowest BCUT2D eigenvalue weighted by Crippen LogP contribution is -2.30. The van der Waals surface area contributed by atoms with E-state index in [-0.39, 0.29) is 0 Å². The number of rotatable bonds is 5. The molecule has 1 aromatic carbocycles. The summed E-state index contributed by atoms with van der Waals surface area (Å²) in [6, 6.07) is 12.6. The predicted molar refractivity (Wildman–Crippen MR) is 83.8 cm³/mol. The van der Waals surface area contributed by atoms with Crippen molar-refractivity contribution in [3.63, 3.8) is 0 Å². The average molecular weight is 267 g/mol. The predicted octanol–water partition coefficient (Wildman–Crippen LogP) is 3.92. The molecule has 0 radical (unpaired) electrons. The minimum atomic E-state index is 0.528. The van der Waals surface area contributed by atoms with Gasteiger partial charge in [0.2, 0.25) is 0 Å². The monoisotopic (exact) mass is 267 g/mol. The highest BCUT2D eigenvalue weighted by molar-refractivity contribution is 5.81. The van der Waals surface area contributed by atoms with Crippen molar-refractivity contribution in [2.75, 3.05) is 18.0 Å². The van der Waals surface area contributed by atoms with E-state index in [4.69, 9.17) is 10.2 Å². The Labute approximate surface area is 120 Å². The van der Waals surface area contributed by atoms with Gasteiger partial charge in [0.15, 0.2) is 0 Å². The van der Waals surface area contributed by atoms with E-state index in [2.05, 4.69) is 43.9 Å². The summed E-state index contributed by atoms with van der Waals surface area (Å²) in [5.41, 5.74) is 2.18. The molecule has 2 rings (SSSR count). The molecule has 0 aliphatic heterocycles. The molecule has 0 saturated heterocycles. The van der Waals surface area contributed by atoms with E-state index in [9.17, 15) is 0 Å². The molecule has 0 aliphatic carbocycles. The van der Waals surface area contributed by atoms with E-state index in [0.29, 0.717) is 12.3 Å². The van der Waals surface area contributed by atoms with E-state index in [1.807, 2.05) is 18.2 Å². The third-order valence-corrected chi connectivity index (χ3v) is 3.27. The largest absolute Gasteiger partial charge is 0.355 e. The number of para-hydroxylation sites is 1. The number of aromatic nitrogens is 1. The Hall–Kier alpha value is -2.08. The minimum absolute atomic E-state index is 0.528. The minimum Gasteiger partial charge on any atom is -0.355 e. The van der Waals surface area contributed by atoms with Crippen molar-refractivity contribution < 1.29 is 0 Å². The van der Waals surface area contributed by atoms with Gasteiger partial charge in [0.1, 0.15) is 5.82 Å². The van der Waals surface area contributed by atoms with E-state index < -0.39 is 0 Å². The summed E-state index contributed by atoms with van der Waals surface area (Å²) < 4.78 is 0. The first-order chi connectivity index (χ1) is 9.61. The van der Waals surface area contributed by atoms with Gasteiger partial charge in [0.25, 0.3) is 0 Å². The van der Waals surface area contributed by atoms with Crippen LogP contribution in [0.15, 0.2) is 30.3 Å². The van der Waals surface area contributed by atoms with E-state index in [1.165, 1.54) is 10.9 Å². The first-order valence-corrected chi connectivity index (χ1v) is 7.10. The van der Waals surface area contributed by atoms with E-state index in [0.717, 1.165) is 24.4 Å². The first kappa shape index (κ1) is 14.3. The summed E-state index contributed by atoms with van der Waals surface area (Å²) in [5.74, 6) is 1.55. The van der Waals surface area contributed by atoms with E-state index >= 15 is 0 Å². The Morgan fingerprint density at radius 1 is 1.30 bits per heavy atom. The molecule has 0 N–H and O–H groups in total. The molecule has 3 heteroatoms. The highest BCUT2D eigenvalue weighted by Gasteiger charge is 2.13. The fraction of sp³-hybridized carbons (Fsp3) is 0.412. The van der Waals surface area contributed by atoms with Crippen LogP contribution in [0.2, 0.25) is 0 Å². The Kier molecular flexibility index (Phi) is 4.57. The molecule has 104 valence electrons. The molecule has 0 amide bonds. The average Bonchev–Trinajstić information content (AvgIpc) is 2.42. The lowest BCUT2D eigenvalue weighted by molar-refractivity contribution is 0.607. The van der Waals surface area contributed by atoms with Crippen LogP contribution in [-0.2, 0) is 0 Å². The molecule has 0 atom stereocenters. The Morgan fingerprint density at radius 2 is 2.05 bits per heavy atom. The van der Waals surface area contributed by atoms with Crippen LogP contribution in [0.3, 0.4) is 0 Å². The van der Waals surface area contributed by atoms with Gasteiger partial charge in [-0.15, -0.1) is 0 Å². The first-order valence-electron chi connectivity index (χ1n) is 7.10. The maximum absolute atomic E-state index is 8.84. The molecule has 1 heterocycles. The van der Waals surface area contributed by atoms with Gasteiger partial charge in [-0.3, -0.25) is 0 Å². The van der Waals surface area contributed by atoms with Gasteiger partial charge in [-0.2, -0.15) is 5.26 Å². The number of hydrogen-bond acceptors (Lipinski definition) is 3. The number of nitrogens with zero attached hydrogens (tertiary/aromatic N) is 3. The van der Waals surface area contributed by atoms with Crippen LogP contribution in [0.1, 0.15) is 25.8 Å². The number of anilines is 1. The molecule has 2 aromatic rings. The van der Waals surface area contributed by atoms with Crippen molar-refractivity contribution in [3.05, 3.63) is 35.9 Å². The van der Waals surface area contributed by atoms with Crippen LogP contribution in [0, 0.1) is 24.2 Å². The quantitative estimate of drug-likeness (QED) is 0.824. The zero-order valence-corrected chi connectivity index (χ0v) is 12.4. The van der Waals surface area contributed by atoms with Crippen molar-refractivity contribution in [3.8, 4) is 6.07 Å². The van der Waals surface area contributed by atoms with Gasteiger partial charge in [-0.25, -0.2) is 4.98 Å². The second-order valence-corrected chi connectivity index (χ2v) is 5.57. The lowest BCUT2D eigenvalue weighted by atomic mass is 10.1. The SMILES string of the molecule is Cc1cc2ccccc2nc1N(CCC#N)CC(C)C. The normalized spacial score (nSPS) is 10.8. The van der Waals surface area contributed by atoms with E-state index in [1.54, 1.807) is 0 Å². The zero-order valence-electron chi connectivity index (χ0n) is 12.4. The number of nitriles is 1. The summed E-state index contributed by atoms with van der Waals surface area (Å²) in [5, 5.41) is 10.0. The number of hydrogen-bond donors (Lipinski definition) is 0. The van der Waals surface area contributed by atoms with Gasteiger partial charge in [-0.1, -0.05) is 32.0 Å². The molecule has 0 fully saturated rings. The maximum atomic E-state index is 8.84. The van der Waals surface area contributed by atoms with Crippen LogP contribution in [-0.4, -0.2) is 18.1 Å². The standard InChI is InChI=1S/C17H21N3/c1-13(2)12-20(10-6-9-18)17-14(3)11-15-7-4-5-8-16(15)19-17/h4-5,7-8,11,13H,6,10,12H2,1-3H3. The van der Waals surface area contributed by atoms with Crippen LogP contribution in [0.5, 0.6) is 0 Å². The molecular formula is C17H21N3. The lowest BCUT2D eigenvalue weighted by Gasteiger charge is -2.26. The molecule has 0 aliphatic rings. The second kappa shape index (κ2) is 6.38. The topological polar surface area (TPSA) is 39.9 Å². The van der Waals surface area contributed by atoms with Crippen molar-refractivity contribution in [1.82, 2.24) is 4.98 Å². The summed E-state index contributed by atoms with van der Waals surface area (Å²) >= 11 is 0. The summed E-state index contributed by atoms with van der Waals surface area (Å²) in [6.45, 7) is 8.13. The molecular weight excluding hydrogens is 246 g/mol. The number of benzene rings is 1. The summed E-state index contributed by atoms with van der Waals surface area (Å²) in [6.07, 6.45) is 0.528. The molecule has 20 heavy (non-hydrogen) atoms. The fourth-order valence-electron chi connectivity index (χ4n) is 2.44. The fourth-order valence-corrected chi connectivity index (χ4v) is 2.44. The molecule has 3 nitrogen and oxygen atoms in total. The van der Waals surface area contributed by atoms with Gasteiger partial charge >= 0.3 is 0 Å². The Morgan fingerprint density at radius 3 is 2.75 bits per heavy atom. The Balaban J connectivity index is 2.40. The zero-order chi connectivity index (χ0) is 14.5. The third kappa shape index (κ3) is 3.27. The molecule has 1 aromatic heterocycles. The number of pyridine rings is 1. The van der Waals surface area contributed by atoms with Crippen molar-refractivity contribution in [2.24, 2.45) is 5.92 Å². The van der Waals surface area contributed by atoms with Crippen molar-refractivity contribution >= 4 is 16.7 Å². The van der Waals surface area contributed by atoms with Crippen LogP contribution < -0.4 is 4.90 Å². The van der Waals surface area contributed by atoms with Crippen LogP contribution in [0.4, 0.5) is 5.82 Å². The van der Waals surface area contributed by atoms with Gasteiger partial charge < -0.3 is 4.90 Å². The number of fused-ring (bicyclic) bond motifs is 1. The third-order valence-electron chi connectivity index (χ3n) is 3.27. The van der Waals surface area contributed by atoms with Crippen LogP contribution >= 0.6 is 0 Å². The van der Waals surface area contributed by atoms with Gasteiger partial charge in [0.05, 0.1) is 18.0 Å². The van der Waals surface area contributed by atoms with Gasteiger partial charge in [-0.05, 0) is 30.5 Å². The molecule has 0 bridgehead atoms. The molecule has 0 unspecified atom stereocenters. The second-order valence-electron chi connectivity index (χ2n) is 5.57.